The zero-order valence-electron chi connectivity index (χ0n) is 41.0. The van der Waals surface area contributed by atoms with E-state index < -0.39 is 6.10 Å². The van der Waals surface area contributed by atoms with Crippen LogP contribution in [0.5, 0.6) is 0 Å². The molecule has 0 spiro atoms. The lowest BCUT2D eigenvalue weighted by Crippen LogP contribution is -2.30. The smallest absolute Gasteiger partial charge is 0.306 e. The summed E-state index contributed by atoms with van der Waals surface area (Å²) in [4.78, 5) is 37.9. The van der Waals surface area contributed by atoms with Crippen LogP contribution in [-0.2, 0) is 28.6 Å². The fourth-order valence-corrected chi connectivity index (χ4v) is 6.44. The molecule has 0 aromatic carbocycles. The number of rotatable bonds is 44. The van der Waals surface area contributed by atoms with Gasteiger partial charge in [0.05, 0.1) is 0 Å². The van der Waals surface area contributed by atoms with Crippen molar-refractivity contribution < 1.29 is 28.6 Å². The van der Waals surface area contributed by atoms with E-state index in [1.807, 2.05) is 0 Å². The molecule has 64 heavy (non-hydrogen) atoms. The predicted octanol–water partition coefficient (Wildman–Crippen LogP) is 16.9. The molecule has 360 valence electrons. The molecule has 0 aliphatic carbocycles. The maximum atomic E-state index is 12.8. The van der Waals surface area contributed by atoms with Crippen molar-refractivity contribution in [3.8, 4) is 0 Å². The molecule has 0 N–H and O–H groups in total. The molecule has 0 saturated carbocycles. The third-order valence-electron chi connectivity index (χ3n) is 10.2. The highest BCUT2D eigenvalue weighted by atomic mass is 16.6. The zero-order valence-corrected chi connectivity index (χ0v) is 41.0. The summed E-state index contributed by atoms with van der Waals surface area (Å²) in [5, 5.41) is 0. The highest BCUT2D eigenvalue weighted by Crippen LogP contribution is 2.13. The van der Waals surface area contributed by atoms with Gasteiger partial charge in [-0.15, -0.1) is 0 Å². The first-order valence-corrected chi connectivity index (χ1v) is 25.5. The standard InChI is InChI=1S/C58H92O6/c1-4-7-10-13-16-19-22-24-26-28-29-31-32-34-36-39-42-45-48-51-57(60)63-54-55(53-62-56(59)50-47-44-41-38-21-18-15-12-9-6-3)64-58(61)52-49-46-43-40-37-35-33-30-27-25-23-20-17-14-11-8-5-2/h7-8,10-11,16-17,19-20,24-27,29,31,33-36,40,43,55H,4-6,9,12-15,18,21-23,28,30,32,37-39,41-42,44-54H2,1-3H3/b10-7-,11-8-,19-16-,20-17-,26-24-,27-25-,31-29-,35-33-,36-34-,43-40-. The van der Waals surface area contributed by atoms with Crippen molar-refractivity contribution in [2.24, 2.45) is 0 Å². The summed E-state index contributed by atoms with van der Waals surface area (Å²) in [5.74, 6) is -1.02. The number of unbranched alkanes of at least 4 members (excludes halogenated alkanes) is 13. The number of hydrogen-bond donors (Lipinski definition) is 0. The molecule has 0 aromatic heterocycles. The van der Waals surface area contributed by atoms with Gasteiger partial charge in [0.25, 0.3) is 0 Å². The van der Waals surface area contributed by atoms with E-state index in [0.29, 0.717) is 19.3 Å². The van der Waals surface area contributed by atoms with Crippen molar-refractivity contribution in [2.45, 2.75) is 213 Å². The van der Waals surface area contributed by atoms with Gasteiger partial charge in [-0.1, -0.05) is 206 Å². The number of esters is 3. The second-order valence-corrected chi connectivity index (χ2v) is 16.3. The first-order valence-electron chi connectivity index (χ1n) is 25.5. The van der Waals surface area contributed by atoms with Gasteiger partial charge in [-0.25, -0.2) is 0 Å². The maximum Gasteiger partial charge on any atom is 0.306 e. The fourth-order valence-electron chi connectivity index (χ4n) is 6.44. The number of allylic oxidation sites excluding steroid dienone is 20. The van der Waals surface area contributed by atoms with Gasteiger partial charge >= 0.3 is 17.9 Å². The first kappa shape index (κ1) is 59.8. The second-order valence-electron chi connectivity index (χ2n) is 16.3. The molecule has 0 heterocycles. The van der Waals surface area contributed by atoms with E-state index in [9.17, 15) is 14.4 Å². The Balaban J connectivity index is 4.53. The molecule has 0 amide bonds. The number of carbonyl (C=O) groups is 3. The summed E-state index contributed by atoms with van der Waals surface area (Å²) in [6.07, 6.45) is 70.5. The topological polar surface area (TPSA) is 78.9 Å². The minimum Gasteiger partial charge on any atom is -0.462 e. The molecular weight excluding hydrogens is 793 g/mol. The van der Waals surface area contributed by atoms with Crippen LogP contribution in [0.1, 0.15) is 207 Å². The van der Waals surface area contributed by atoms with E-state index in [0.717, 1.165) is 116 Å². The van der Waals surface area contributed by atoms with Gasteiger partial charge in [0.1, 0.15) is 13.2 Å². The van der Waals surface area contributed by atoms with Crippen molar-refractivity contribution in [1.29, 1.82) is 0 Å². The van der Waals surface area contributed by atoms with E-state index in [-0.39, 0.29) is 37.5 Å². The summed E-state index contributed by atoms with van der Waals surface area (Å²) in [7, 11) is 0. The lowest BCUT2D eigenvalue weighted by atomic mass is 10.1. The van der Waals surface area contributed by atoms with Crippen LogP contribution in [0.25, 0.3) is 0 Å². The highest BCUT2D eigenvalue weighted by molar-refractivity contribution is 5.71. The molecule has 1 unspecified atom stereocenters. The van der Waals surface area contributed by atoms with Gasteiger partial charge in [-0.05, 0) is 103 Å². The third-order valence-corrected chi connectivity index (χ3v) is 10.2. The van der Waals surface area contributed by atoms with Gasteiger partial charge in [0.15, 0.2) is 6.10 Å². The third kappa shape index (κ3) is 48.8. The van der Waals surface area contributed by atoms with Gasteiger partial charge in [-0.2, -0.15) is 0 Å². The lowest BCUT2D eigenvalue weighted by Gasteiger charge is -2.18. The van der Waals surface area contributed by atoms with Crippen LogP contribution in [0.4, 0.5) is 0 Å². The monoisotopic (exact) mass is 885 g/mol. The Labute approximate surface area is 392 Å². The van der Waals surface area contributed by atoms with Gasteiger partial charge in [-0.3, -0.25) is 14.4 Å². The quantitative estimate of drug-likeness (QED) is 0.0262. The van der Waals surface area contributed by atoms with Crippen molar-refractivity contribution in [3.63, 3.8) is 0 Å². The van der Waals surface area contributed by atoms with Crippen LogP contribution in [0.2, 0.25) is 0 Å². The molecule has 0 rings (SSSR count). The minimum absolute atomic E-state index is 0.113. The maximum absolute atomic E-state index is 12.8. The van der Waals surface area contributed by atoms with Crippen LogP contribution in [0.15, 0.2) is 122 Å². The highest BCUT2D eigenvalue weighted by Gasteiger charge is 2.19. The molecule has 1 atom stereocenters. The molecule has 0 aliphatic rings. The Morgan fingerprint density at radius 1 is 0.328 bits per heavy atom. The Bertz CT molecular complexity index is 1390. The molecule has 0 fully saturated rings. The molecular formula is C58H92O6. The van der Waals surface area contributed by atoms with Gasteiger partial charge in [0.2, 0.25) is 0 Å². The second kappa shape index (κ2) is 51.4. The summed E-state index contributed by atoms with van der Waals surface area (Å²) in [6.45, 7) is 6.30. The van der Waals surface area contributed by atoms with E-state index in [4.69, 9.17) is 14.2 Å². The molecule has 0 bridgehead atoms. The largest absolute Gasteiger partial charge is 0.462 e. The van der Waals surface area contributed by atoms with E-state index in [1.165, 1.54) is 44.9 Å². The fraction of sp³-hybridized carbons (Fsp3) is 0.603. The van der Waals surface area contributed by atoms with Crippen LogP contribution >= 0.6 is 0 Å². The van der Waals surface area contributed by atoms with Crippen molar-refractivity contribution in [3.05, 3.63) is 122 Å². The van der Waals surface area contributed by atoms with E-state index >= 15 is 0 Å². The first-order chi connectivity index (χ1) is 31.5. The normalized spacial score (nSPS) is 13.1. The van der Waals surface area contributed by atoms with Gasteiger partial charge in [0, 0.05) is 19.3 Å². The number of hydrogen-bond acceptors (Lipinski definition) is 6. The Hall–Kier alpha value is -4.19. The Kier molecular flexibility index (Phi) is 48.1. The zero-order chi connectivity index (χ0) is 46.5. The predicted molar refractivity (Wildman–Crippen MR) is 274 cm³/mol. The Morgan fingerprint density at radius 2 is 0.625 bits per heavy atom. The summed E-state index contributed by atoms with van der Waals surface area (Å²) in [5.41, 5.74) is 0. The minimum atomic E-state index is -0.822. The van der Waals surface area contributed by atoms with Crippen LogP contribution in [0, 0.1) is 0 Å². The van der Waals surface area contributed by atoms with Crippen LogP contribution in [0.3, 0.4) is 0 Å². The van der Waals surface area contributed by atoms with Crippen molar-refractivity contribution in [2.75, 3.05) is 13.2 Å². The van der Waals surface area contributed by atoms with Gasteiger partial charge < -0.3 is 14.2 Å². The van der Waals surface area contributed by atoms with Crippen LogP contribution < -0.4 is 0 Å². The molecule has 0 radical (unpaired) electrons. The summed E-state index contributed by atoms with van der Waals surface area (Å²) in [6, 6.07) is 0. The molecule has 6 heteroatoms. The summed E-state index contributed by atoms with van der Waals surface area (Å²) < 4.78 is 16.7. The van der Waals surface area contributed by atoms with E-state index in [1.54, 1.807) is 0 Å². The molecule has 6 nitrogen and oxygen atoms in total. The SMILES string of the molecule is CC/C=C\C/C=C\C/C=C\C/C=C\C/C=C\CCCCCC(=O)OCC(COC(=O)CCCCCCCCCCCC)OC(=O)CCC/C=C\C/C=C\C/C=C\C/C=C\C/C=C\CC. The van der Waals surface area contributed by atoms with E-state index in [2.05, 4.69) is 142 Å². The average molecular weight is 885 g/mol. The Morgan fingerprint density at radius 3 is 1.00 bits per heavy atom. The molecule has 0 saturated heterocycles. The van der Waals surface area contributed by atoms with Crippen molar-refractivity contribution >= 4 is 17.9 Å². The molecule has 0 aliphatic heterocycles. The van der Waals surface area contributed by atoms with Crippen molar-refractivity contribution in [1.82, 2.24) is 0 Å². The summed E-state index contributed by atoms with van der Waals surface area (Å²) >= 11 is 0. The number of ether oxygens (including phenoxy) is 3. The molecule has 0 aromatic rings. The average Bonchev–Trinajstić information content (AvgIpc) is 3.29. The van der Waals surface area contributed by atoms with Crippen LogP contribution in [-0.4, -0.2) is 37.2 Å². The lowest BCUT2D eigenvalue weighted by molar-refractivity contribution is -0.167. The number of carbonyl (C=O) groups excluding carboxylic acids is 3.